The molecule has 12 nitrogen and oxygen atoms in total. The summed E-state index contributed by atoms with van der Waals surface area (Å²) in [6.07, 6.45) is 1.44. The standard InChI is InChI=1S/C27H23FN8O4/c1-2-38-22-14-17(12-13-21(22)39-16-19-10-6-7-11-20(19)28)15-30-32-27(37)23-24(18-8-4-3-5-9-18)36(35-31-23)26-25(29)33-40-34-26/h3-15H,2,16H2,1H3,(H2,29,33)(H,32,37)/b30-15-. The molecule has 0 aliphatic rings. The number of hydrazone groups is 1. The van der Waals surface area contributed by atoms with E-state index in [4.69, 9.17) is 15.2 Å². The molecule has 5 rings (SSSR count). The number of hydrogen-bond donors (Lipinski definition) is 2. The Bertz CT molecular complexity index is 1650. The Morgan fingerprint density at radius 2 is 1.88 bits per heavy atom. The van der Waals surface area contributed by atoms with Crippen molar-refractivity contribution >= 4 is 17.9 Å². The minimum Gasteiger partial charge on any atom is -0.490 e. The van der Waals surface area contributed by atoms with Crippen molar-refractivity contribution in [3.63, 3.8) is 0 Å². The first-order valence-electron chi connectivity index (χ1n) is 12.1. The van der Waals surface area contributed by atoms with E-state index in [1.54, 1.807) is 60.7 Å². The van der Waals surface area contributed by atoms with Crippen molar-refractivity contribution in [3.05, 3.63) is 95.4 Å². The Balaban J connectivity index is 1.34. The van der Waals surface area contributed by atoms with Gasteiger partial charge in [-0.25, -0.2) is 14.4 Å². The third-order valence-corrected chi connectivity index (χ3v) is 5.62. The van der Waals surface area contributed by atoms with Crippen molar-refractivity contribution in [1.29, 1.82) is 0 Å². The van der Waals surface area contributed by atoms with Gasteiger partial charge in [-0.05, 0) is 47.1 Å². The summed E-state index contributed by atoms with van der Waals surface area (Å²) < 4.78 is 31.4. The van der Waals surface area contributed by atoms with Crippen LogP contribution in [0.3, 0.4) is 0 Å². The van der Waals surface area contributed by atoms with E-state index in [0.717, 1.165) is 0 Å². The number of nitrogens with zero attached hydrogens (tertiary/aromatic N) is 6. The molecule has 1 amide bonds. The fourth-order valence-corrected chi connectivity index (χ4v) is 3.76. The van der Waals surface area contributed by atoms with Gasteiger partial charge in [-0.2, -0.15) is 9.78 Å². The lowest BCUT2D eigenvalue weighted by molar-refractivity contribution is 0.0950. The Morgan fingerprint density at radius 3 is 2.62 bits per heavy atom. The van der Waals surface area contributed by atoms with E-state index >= 15 is 0 Å². The van der Waals surface area contributed by atoms with Crippen LogP contribution in [0.5, 0.6) is 11.5 Å². The van der Waals surface area contributed by atoms with Gasteiger partial charge in [0.2, 0.25) is 11.6 Å². The van der Waals surface area contributed by atoms with Crippen molar-refractivity contribution in [1.82, 2.24) is 30.7 Å². The summed E-state index contributed by atoms with van der Waals surface area (Å²) in [6.45, 7) is 2.26. The maximum absolute atomic E-state index is 14.0. The Hall–Kier alpha value is -5.59. The van der Waals surface area contributed by atoms with Gasteiger partial charge in [-0.1, -0.05) is 53.7 Å². The number of ether oxygens (including phenoxy) is 2. The Kier molecular flexibility index (Phi) is 7.72. The highest BCUT2D eigenvalue weighted by Crippen LogP contribution is 2.29. The fraction of sp³-hybridized carbons (Fsp3) is 0.111. The first-order valence-corrected chi connectivity index (χ1v) is 12.1. The molecular formula is C27H23FN8O4. The van der Waals surface area contributed by atoms with Gasteiger partial charge in [-0.15, -0.1) is 5.10 Å². The lowest BCUT2D eigenvalue weighted by atomic mass is 10.1. The molecule has 3 aromatic carbocycles. The summed E-state index contributed by atoms with van der Waals surface area (Å²) in [6, 6.07) is 20.5. The van der Waals surface area contributed by atoms with Crippen molar-refractivity contribution in [2.75, 3.05) is 12.3 Å². The second-order valence-corrected chi connectivity index (χ2v) is 8.26. The predicted octanol–water partition coefficient (Wildman–Crippen LogP) is 3.78. The molecule has 2 heterocycles. The average Bonchev–Trinajstić information content (AvgIpc) is 3.60. The number of amides is 1. The molecule has 0 atom stereocenters. The SMILES string of the molecule is CCOc1cc(/C=N\NC(=O)c2nnn(-c3nonc3N)c2-c2ccccc2)ccc1OCc1ccccc1F. The zero-order chi connectivity index (χ0) is 27.9. The molecule has 5 aromatic rings. The summed E-state index contributed by atoms with van der Waals surface area (Å²) in [7, 11) is 0. The molecule has 202 valence electrons. The Morgan fingerprint density at radius 1 is 1.07 bits per heavy atom. The van der Waals surface area contributed by atoms with Gasteiger partial charge in [0, 0.05) is 11.1 Å². The molecule has 0 fully saturated rings. The van der Waals surface area contributed by atoms with Crippen LogP contribution in [0, 0.1) is 5.82 Å². The maximum atomic E-state index is 14.0. The van der Waals surface area contributed by atoms with Gasteiger partial charge in [0.05, 0.1) is 12.8 Å². The van der Waals surface area contributed by atoms with Crippen LogP contribution < -0.4 is 20.6 Å². The second kappa shape index (κ2) is 11.9. The number of nitrogens with two attached hydrogens (primary N) is 1. The van der Waals surface area contributed by atoms with Crippen LogP contribution in [0.2, 0.25) is 0 Å². The number of nitrogens with one attached hydrogen (secondary N) is 1. The number of halogens is 1. The normalized spacial score (nSPS) is 11.1. The third kappa shape index (κ3) is 5.62. The number of carbonyl (C=O) groups is 1. The van der Waals surface area contributed by atoms with Crippen molar-refractivity contribution in [2.45, 2.75) is 13.5 Å². The molecule has 0 radical (unpaired) electrons. The summed E-state index contributed by atoms with van der Waals surface area (Å²) in [5, 5.41) is 19.4. The zero-order valence-electron chi connectivity index (χ0n) is 21.2. The lowest BCUT2D eigenvalue weighted by Gasteiger charge is -2.13. The van der Waals surface area contributed by atoms with Crippen LogP contribution in [-0.2, 0) is 6.61 Å². The average molecular weight is 543 g/mol. The van der Waals surface area contributed by atoms with E-state index in [-0.39, 0.29) is 29.8 Å². The second-order valence-electron chi connectivity index (χ2n) is 8.26. The topological polar surface area (TPSA) is 156 Å². The molecule has 40 heavy (non-hydrogen) atoms. The van der Waals surface area contributed by atoms with E-state index in [9.17, 15) is 9.18 Å². The maximum Gasteiger partial charge on any atom is 0.294 e. The molecule has 0 unspecified atom stereocenters. The minimum absolute atomic E-state index is 0.0153. The fourth-order valence-electron chi connectivity index (χ4n) is 3.76. The van der Waals surface area contributed by atoms with Gasteiger partial charge in [0.15, 0.2) is 17.2 Å². The van der Waals surface area contributed by atoms with Crippen LogP contribution in [0.4, 0.5) is 10.2 Å². The Labute approximate surface area is 227 Å². The van der Waals surface area contributed by atoms with Crippen LogP contribution in [-0.4, -0.2) is 44.0 Å². The van der Waals surface area contributed by atoms with Crippen molar-refractivity contribution < 1.29 is 23.3 Å². The molecule has 2 aromatic heterocycles. The monoisotopic (exact) mass is 542 g/mol. The van der Waals surface area contributed by atoms with Crippen LogP contribution >= 0.6 is 0 Å². The molecular weight excluding hydrogens is 519 g/mol. The number of anilines is 1. The lowest BCUT2D eigenvalue weighted by Crippen LogP contribution is -2.19. The van der Waals surface area contributed by atoms with Crippen LogP contribution in [0.15, 0.2) is 82.5 Å². The highest BCUT2D eigenvalue weighted by Gasteiger charge is 2.25. The largest absolute Gasteiger partial charge is 0.490 e. The van der Waals surface area contributed by atoms with E-state index in [0.29, 0.717) is 40.5 Å². The molecule has 0 aliphatic carbocycles. The minimum atomic E-state index is -0.619. The summed E-state index contributed by atoms with van der Waals surface area (Å²) in [5.41, 5.74) is 10.3. The number of aromatic nitrogens is 5. The van der Waals surface area contributed by atoms with Crippen LogP contribution in [0.1, 0.15) is 28.5 Å². The first-order chi connectivity index (χ1) is 19.5. The van der Waals surface area contributed by atoms with Gasteiger partial charge in [0.25, 0.3) is 5.91 Å². The number of nitrogen functional groups attached to an aromatic ring is 1. The third-order valence-electron chi connectivity index (χ3n) is 5.62. The molecule has 13 heteroatoms. The smallest absolute Gasteiger partial charge is 0.294 e. The predicted molar refractivity (Wildman–Crippen MR) is 142 cm³/mol. The molecule has 0 spiro atoms. The summed E-state index contributed by atoms with van der Waals surface area (Å²) in [4.78, 5) is 13.1. The molecule has 0 saturated heterocycles. The van der Waals surface area contributed by atoms with E-state index in [1.165, 1.54) is 17.0 Å². The number of rotatable bonds is 10. The van der Waals surface area contributed by atoms with Gasteiger partial charge in [0.1, 0.15) is 18.1 Å². The van der Waals surface area contributed by atoms with E-state index in [2.05, 4.69) is 35.8 Å². The molecule has 0 bridgehead atoms. The highest BCUT2D eigenvalue weighted by molar-refractivity contribution is 5.98. The van der Waals surface area contributed by atoms with E-state index < -0.39 is 5.91 Å². The molecule has 3 N–H and O–H groups in total. The number of benzene rings is 3. The summed E-state index contributed by atoms with van der Waals surface area (Å²) in [5.74, 6) is -0.00440. The highest BCUT2D eigenvalue weighted by atomic mass is 19.1. The summed E-state index contributed by atoms with van der Waals surface area (Å²) >= 11 is 0. The van der Waals surface area contributed by atoms with Crippen molar-refractivity contribution in [2.24, 2.45) is 5.10 Å². The van der Waals surface area contributed by atoms with E-state index in [1.807, 2.05) is 13.0 Å². The van der Waals surface area contributed by atoms with Gasteiger partial charge >= 0.3 is 0 Å². The molecule has 0 saturated carbocycles. The quantitative estimate of drug-likeness (QED) is 0.198. The first kappa shape index (κ1) is 26.0. The number of carbonyl (C=O) groups excluding carboxylic acids is 1. The van der Waals surface area contributed by atoms with Gasteiger partial charge in [-0.3, -0.25) is 4.79 Å². The molecule has 0 aliphatic heterocycles. The van der Waals surface area contributed by atoms with Crippen molar-refractivity contribution in [3.8, 4) is 28.6 Å². The van der Waals surface area contributed by atoms with Crippen LogP contribution in [0.25, 0.3) is 17.1 Å². The number of hydrogen-bond acceptors (Lipinski definition) is 10. The van der Waals surface area contributed by atoms with Gasteiger partial charge < -0.3 is 15.2 Å². The zero-order valence-corrected chi connectivity index (χ0v) is 21.2.